The number of aryl methyl sites for hydroxylation is 1. The molecule has 3 unspecified atom stereocenters. The number of aromatic nitrogens is 1. The van der Waals surface area contributed by atoms with E-state index in [0.717, 1.165) is 49.1 Å². The van der Waals surface area contributed by atoms with Crippen LogP contribution in [0.25, 0.3) is 0 Å². The van der Waals surface area contributed by atoms with Gasteiger partial charge in [0.1, 0.15) is 0 Å². The van der Waals surface area contributed by atoms with Crippen molar-refractivity contribution in [3.63, 3.8) is 0 Å². The van der Waals surface area contributed by atoms with Crippen LogP contribution in [0.3, 0.4) is 0 Å². The van der Waals surface area contributed by atoms with Gasteiger partial charge in [-0.2, -0.15) is 4.99 Å². The molecule has 2 heterocycles. The van der Waals surface area contributed by atoms with Gasteiger partial charge in [0.25, 0.3) is 5.91 Å². The molecule has 4 aliphatic carbocycles. The Morgan fingerprint density at radius 1 is 1.32 bits per heavy atom. The number of rotatable bonds is 3. The van der Waals surface area contributed by atoms with Crippen LogP contribution in [0, 0.1) is 30.1 Å². The topological polar surface area (TPSA) is 43.6 Å². The zero-order valence-electron chi connectivity index (χ0n) is 15.1. The number of ether oxygens (including phenoxy) is 1. The fourth-order valence-electron chi connectivity index (χ4n) is 6.24. The number of nitrogens with zero attached hydrogens (tertiary/aromatic N) is 2. The molecule has 1 aliphatic heterocycles. The van der Waals surface area contributed by atoms with Crippen LogP contribution in [0.1, 0.15) is 56.2 Å². The highest BCUT2D eigenvalue weighted by atomic mass is 32.1. The van der Waals surface area contributed by atoms with Gasteiger partial charge in [0, 0.05) is 17.7 Å². The molecule has 136 valence electrons. The summed E-state index contributed by atoms with van der Waals surface area (Å²) in [4.78, 5) is 20.0. The zero-order chi connectivity index (χ0) is 17.0. The second-order valence-electron chi connectivity index (χ2n) is 8.88. The van der Waals surface area contributed by atoms with Crippen LogP contribution in [-0.4, -0.2) is 23.2 Å². The molecule has 6 rings (SSSR count). The Bertz CT molecular complexity index is 729. The molecule has 4 nitrogen and oxygen atoms in total. The van der Waals surface area contributed by atoms with Gasteiger partial charge in [-0.3, -0.25) is 4.79 Å². The van der Waals surface area contributed by atoms with Crippen molar-refractivity contribution in [3.8, 4) is 0 Å². The van der Waals surface area contributed by atoms with Gasteiger partial charge >= 0.3 is 0 Å². The molecule has 1 aromatic heterocycles. The van der Waals surface area contributed by atoms with E-state index in [-0.39, 0.29) is 17.4 Å². The fraction of sp³-hybridized carbons (Fsp3) is 0.800. The normalized spacial score (nSPS) is 40.1. The molecule has 1 saturated heterocycles. The van der Waals surface area contributed by atoms with Crippen molar-refractivity contribution in [1.29, 1.82) is 0 Å². The summed E-state index contributed by atoms with van der Waals surface area (Å²) in [6.45, 7) is 3.80. The van der Waals surface area contributed by atoms with Crippen LogP contribution in [-0.2, 0) is 16.1 Å². The lowest BCUT2D eigenvalue weighted by Gasteiger charge is -2.29. The minimum absolute atomic E-state index is 0.107. The first-order valence-electron chi connectivity index (χ1n) is 10.00. The first-order chi connectivity index (χ1) is 12.1. The smallest absolute Gasteiger partial charge is 0.254 e. The van der Waals surface area contributed by atoms with Gasteiger partial charge in [-0.15, -0.1) is 11.3 Å². The van der Waals surface area contributed by atoms with Gasteiger partial charge in [-0.1, -0.05) is 0 Å². The second-order valence-corrected chi connectivity index (χ2v) is 10.1. The van der Waals surface area contributed by atoms with Crippen molar-refractivity contribution < 1.29 is 9.53 Å². The standard InChI is InChI=1S/C20H28N2O2S/c1-13-11-22(12-17-4-2-3-5-24-17)19(25-13)21-18(23)20-9-14-6-15(10-20)8-16(20)7-14/h11,14-17H,2-10,12H2,1H3/b21-19-. The maximum atomic E-state index is 13.2. The fourth-order valence-corrected chi connectivity index (χ4v) is 7.08. The summed E-state index contributed by atoms with van der Waals surface area (Å²) >= 11 is 1.65. The van der Waals surface area contributed by atoms with Crippen molar-refractivity contribution in [2.45, 2.75) is 70.9 Å². The monoisotopic (exact) mass is 360 g/mol. The molecule has 5 aliphatic rings. The molecule has 4 saturated carbocycles. The van der Waals surface area contributed by atoms with Crippen molar-refractivity contribution in [1.82, 2.24) is 4.57 Å². The average molecular weight is 361 g/mol. The highest BCUT2D eigenvalue weighted by molar-refractivity contribution is 7.09. The Balaban J connectivity index is 1.42. The van der Waals surface area contributed by atoms with E-state index in [4.69, 9.17) is 9.73 Å². The predicted octanol–water partition coefficient (Wildman–Crippen LogP) is 3.68. The number of thiazole rings is 1. The molecule has 4 bridgehead atoms. The molecule has 25 heavy (non-hydrogen) atoms. The van der Waals surface area contributed by atoms with E-state index in [1.807, 2.05) is 0 Å². The molecule has 0 aromatic carbocycles. The maximum Gasteiger partial charge on any atom is 0.254 e. The summed E-state index contributed by atoms with van der Waals surface area (Å²) in [5.74, 6) is 2.39. The molecule has 3 atom stereocenters. The summed E-state index contributed by atoms with van der Waals surface area (Å²) in [5, 5.41) is 0. The number of carbonyl (C=O) groups excluding carboxylic acids is 1. The molecule has 0 radical (unpaired) electrons. The molecular weight excluding hydrogens is 332 g/mol. The summed E-state index contributed by atoms with van der Waals surface area (Å²) in [6.07, 6.45) is 12.1. The van der Waals surface area contributed by atoms with E-state index < -0.39 is 0 Å². The Morgan fingerprint density at radius 2 is 2.12 bits per heavy atom. The quantitative estimate of drug-likeness (QED) is 0.825. The van der Waals surface area contributed by atoms with Gasteiger partial charge in [0.05, 0.1) is 18.1 Å². The van der Waals surface area contributed by atoms with Crippen molar-refractivity contribution in [3.05, 3.63) is 15.9 Å². The van der Waals surface area contributed by atoms with Crippen LogP contribution in [0.5, 0.6) is 0 Å². The van der Waals surface area contributed by atoms with Gasteiger partial charge in [-0.05, 0) is 76.0 Å². The van der Waals surface area contributed by atoms with Crippen molar-refractivity contribution in [2.24, 2.45) is 28.2 Å². The lowest BCUT2D eigenvalue weighted by molar-refractivity contribution is -0.129. The Kier molecular flexibility index (Phi) is 3.93. The number of amides is 1. The molecule has 1 aromatic rings. The van der Waals surface area contributed by atoms with Crippen molar-refractivity contribution in [2.75, 3.05) is 6.61 Å². The first-order valence-corrected chi connectivity index (χ1v) is 10.8. The van der Waals surface area contributed by atoms with Crippen molar-refractivity contribution >= 4 is 17.2 Å². The van der Waals surface area contributed by atoms with Crippen LogP contribution >= 0.6 is 11.3 Å². The number of hydrogen-bond donors (Lipinski definition) is 0. The Labute approximate surface area is 153 Å². The first kappa shape index (κ1) is 16.2. The third-order valence-corrected chi connectivity index (χ3v) is 8.06. The largest absolute Gasteiger partial charge is 0.376 e. The summed E-state index contributed by atoms with van der Waals surface area (Å²) in [7, 11) is 0. The molecular formula is C20H28N2O2S. The highest BCUT2D eigenvalue weighted by Gasteiger charge is 2.61. The van der Waals surface area contributed by atoms with Crippen LogP contribution in [0.2, 0.25) is 0 Å². The van der Waals surface area contributed by atoms with E-state index in [2.05, 4.69) is 17.7 Å². The molecule has 0 N–H and O–H groups in total. The van der Waals surface area contributed by atoms with Gasteiger partial charge in [0.15, 0.2) is 4.80 Å². The van der Waals surface area contributed by atoms with E-state index >= 15 is 0 Å². The predicted molar refractivity (Wildman–Crippen MR) is 97.2 cm³/mol. The van der Waals surface area contributed by atoms with Gasteiger partial charge < -0.3 is 9.30 Å². The summed E-state index contributed by atoms with van der Waals surface area (Å²) < 4.78 is 8.07. The lowest BCUT2D eigenvalue weighted by Crippen LogP contribution is -2.34. The lowest BCUT2D eigenvalue weighted by atomic mass is 9.75. The Morgan fingerprint density at radius 3 is 2.84 bits per heavy atom. The minimum Gasteiger partial charge on any atom is -0.376 e. The summed E-state index contributed by atoms with van der Waals surface area (Å²) in [6, 6.07) is 0. The maximum absolute atomic E-state index is 13.2. The molecule has 1 amide bonds. The van der Waals surface area contributed by atoms with E-state index in [1.54, 1.807) is 11.3 Å². The molecule has 0 spiro atoms. The zero-order valence-corrected chi connectivity index (χ0v) is 15.9. The van der Waals surface area contributed by atoms with E-state index in [1.165, 1.54) is 37.0 Å². The van der Waals surface area contributed by atoms with Gasteiger partial charge in [-0.25, -0.2) is 0 Å². The third-order valence-electron chi connectivity index (χ3n) is 7.12. The van der Waals surface area contributed by atoms with Gasteiger partial charge in [0.2, 0.25) is 0 Å². The summed E-state index contributed by atoms with van der Waals surface area (Å²) in [5.41, 5.74) is -0.107. The highest BCUT2D eigenvalue weighted by Crippen LogP contribution is 2.65. The SMILES string of the molecule is Cc1cn(CC2CCCCO2)/c(=N/C(=O)C23CC4CC(CC2C4)C3)s1. The van der Waals surface area contributed by atoms with Crippen LogP contribution < -0.4 is 4.80 Å². The third kappa shape index (κ3) is 2.74. The van der Waals surface area contributed by atoms with Crippen LogP contribution in [0.4, 0.5) is 0 Å². The van der Waals surface area contributed by atoms with Crippen LogP contribution in [0.15, 0.2) is 11.2 Å². The van der Waals surface area contributed by atoms with E-state index in [9.17, 15) is 4.79 Å². The number of hydrogen-bond acceptors (Lipinski definition) is 3. The minimum atomic E-state index is -0.107. The number of carbonyl (C=O) groups is 1. The molecule has 5 fully saturated rings. The average Bonchev–Trinajstić information content (AvgIpc) is 3.15. The Hall–Kier alpha value is -0.940. The second kappa shape index (κ2) is 6.05. The molecule has 5 heteroatoms. The van der Waals surface area contributed by atoms with E-state index in [0.29, 0.717) is 5.92 Å².